The third-order valence-corrected chi connectivity index (χ3v) is 8.33. The van der Waals surface area contributed by atoms with Gasteiger partial charge in [0.05, 0.1) is 10.6 Å². The van der Waals surface area contributed by atoms with Crippen molar-refractivity contribution < 1.29 is 18.0 Å². The standard InChI is InChI=1S/C30H37N3O4S/c1-6-24(4)31-30(35)25(5)32(20-26-17-15-22(2)16-18-26)29(34)21-33(27-12-10-11-23(3)19-27)38(36,37)28-13-8-7-9-14-28/h7-19,24-25H,6,20-21H2,1-5H3,(H,31,35)/t24-,25+/m1/s1. The lowest BCUT2D eigenvalue weighted by atomic mass is 10.1. The molecule has 0 bridgehead atoms. The Kier molecular flexibility index (Phi) is 9.69. The molecule has 0 spiro atoms. The number of carbonyl (C=O) groups excluding carboxylic acids is 2. The molecule has 3 rings (SSSR count). The molecule has 202 valence electrons. The SMILES string of the molecule is CC[C@@H](C)NC(=O)[C@H](C)N(Cc1ccc(C)cc1)C(=O)CN(c1cccc(C)c1)S(=O)(=O)c1ccccc1. The molecule has 0 saturated heterocycles. The van der Waals surface area contributed by atoms with Crippen LogP contribution in [0.1, 0.15) is 43.9 Å². The Bertz CT molecular complexity index is 1340. The van der Waals surface area contributed by atoms with Crippen molar-refractivity contribution in [2.45, 2.75) is 64.6 Å². The first-order chi connectivity index (χ1) is 18.0. The van der Waals surface area contributed by atoms with E-state index in [1.54, 1.807) is 43.3 Å². The first-order valence-corrected chi connectivity index (χ1v) is 14.3. The van der Waals surface area contributed by atoms with Crippen molar-refractivity contribution in [3.63, 3.8) is 0 Å². The summed E-state index contributed by atoms with van der Waals surface area (Å²) in [6.45, 7) is 9.11. The second kappa shape index (κ2) is 12.7. The van der Waals surface area contributed by atoms with E-state index >= 15 is 0 Å². The van der Waals surface area contributed by atoms with Gasteiger partial charge in [-0.2, -0.15) is 0 Å². The van der Waals surface area contributed by atoms with Crippen molar-refractivity contribution in [3.05, 3.63) is 95.6 Å². The van der Waals surface area contributed by atoms with Gasteiger partial charge in [0.25, 0.3) is 10.0 Å². The van der Waals surface area contributed by atoms with Crippen LogP contribution >= 0.6 is 0 Å². The summed E-state index contributed by atoms with van der Waals surface area (Å²) < 4.78 is 28.6. The lowest BCUT2D eigenvalue weighted by Crippen LogP contribution is -2.52. The summed E-state index contributed by atoms with van der Waals surface area (Å²) in [5, 5.41) is 2.94. The molecular weight excluding hydrogens is 498 g/mol. The Balaban J connectivity index is 2.01. The number of hydrogen-bond donors (Lipinski definition) is 1. The third kappa shape index (κ3) is 7.22. The van der Waals surface area contributed by atoms with E-state index in [4.69, 9.17) is 0 Å². The highest BCUT2D eigenvalue weighted by molar-refractivity contribution is 7.92. The molecule has 0 fully saturated rings. The summed E-state index contributed by atoms with van der Waals surface area (Å²) in [4.78, 5) is 28.5. The Morgan fingerprint density at radius 3 is 2.13 bits per heavy atom. The van der Waals surface area contributed by atoms with Gasteiger partial charge >= 0.3 is 0 Å². The van der Waals surface area contributed by atoms with Gasteiger partial charge in [0.2, 0.25) is 11.8 Å². The molecule has 8 heteroatoms. The Morgan fingerprint density at radius 1 is 0.868 bits per heavy atom. The lowest BCUT2D eigenvalue weighted by Gasteiger charge is -2.32. The number of nitrogens with zero attached hydrogens (tertiary/aromatic N) is 2. The van der Waals surface area contributed by atoms with Crippen molar-refractivity contribution in [1.82, 2.24) is 10.2 Å². The van der Waals surface area contributed by atoms with E-state index in [0.717, 1.165) is 27.4 Å². The van der Waals surface area contributed by atoms with Crippen molar-refractivity contribution in [1.29, 1.82) is 0 Å². The number of benzene rings is 3. The average molecular weight is 536 g/mol. The molecule has 0 unspecified atom stereocenters. The Labute approximate surface area is 226 Å². The second-order valence-corrected chi connectivity index (χ2v) is 11.5. The van der Waals surface area contributed by atoms with Crippen molar-refractivity contribution in [3.8, 4) is 0 Å². The fraction of sp³-hybridized carbons (Fsp3) is 0.333. The molecule has 0 saturated carbocycles. The largest absolute Gasteiger partial charge is 0.352 e. The summed E-state index contributed by atoms with van der Waals surface area (Å²) >= 11 is 0. The van der Waals surface area contributed by atoms with Crippen LogP contribution in [0.2, 0.25) is 0 Å². The highest BCUT2D eigenvalue weighted by Gasteiger charge is 2.32. The molecule has 0 heterocycles. The van der Waals surface area contributed by atoms with E-state index in [0.29, 0.717) is 5.69 Å². The molecule has 38 heavy (non-hydrogen) atoms. The normalized spacial score (nSPS) is 12.9. The molecule has 0 aliphatic carbocycles. The monoisotopic (exact) mass is 535 g/mol. The van der Waals surface area contributed by atoms with Gasteiger partial charge in [0.15, 0.2) is 0 Å². The molecule has 0 aromatic heterocycles. The topological polar surface area (TPSA) is 86.8 Å². The van der Waals surface area contributed by atoms with Gasteiger partial charge in [-0.1, -0.05) is 67.1 Å². The first-order valence-electron chi connectivity index (χ1n) is 12.8. The summed E-state index contributed by atoms with van der Waals surface area (Å²) in [7, 11) is -4.06. The maximum atomic E-state index is 13.9. The zero-order chi connectivity index (χ0) is 27.9. The molecule has 0 radical (unpaired) electrons. The molecular formula is C30H37N3O4S. The van der Waals surface area contributed by atoms with Crippen molar-refractivity contribution >= 4 is 27.5 Å². The van der Waals surface area contributed by atoms with E-state index in [2.05, 4.69) is 5.32 Å². The number of nitrogens with one attached hydrogen (secondary N) is 1. The van der Waals surface area contributed by atoms with Crippen LogP contribution < -0.4 is 9.62 Å². The van der Waals surface area contributed by atoms with Crippen molar-refractivity contribution in [2.75, 3.05) is 10.8 Å². The third-order valence-electron chi connectivity index (χ3n) is 6.54. The summed E-state index contributed by atoms with van der Waals surface area (Å²) in [6, 6.07) is 21.9. The van der Waals surface area contributed by atoms with Gasteiger partial charge in [-0.15, -0.1) is 0 Å². The Hall–Kier alpha value is -3.65. The minimum atomic E-state index is -4.06. The minimum Gasteiger partial charge on any atom is -0.352 e. The fourth-order valence-electron chi connectivity index (χ4n) is 3.97. The molecule has 2 atom stereocenters. The van der Waals surface area contributed by atoms with Gasteiger partial charge in [-0.05, 0) is 69.5 Å². The highest BCUT2D eigenvalue weighted by atomic mass is 32.2. The molecule has 1 N–H and O–H groups in total. The van der Waals surface area contributed by atoms with Crippen LogP contribution in [-0.2, 0) is 26.2 Å². The predicted octanol–water partition coefficient (Wildman–Crippen LogP) is 4.83. The van der Waals surface area contributed by atoms with Crippen LogP contribution in [0.4, 0.5) is 5.69 Å². The minimum absolute atomic E-state index is 0.0523. The van der Waals surface area contributed by atoms with Crippen LogP contribution in [-0.4, -0.2) is 43.8 Å². The average Bonchev–Trinajstić information content (AvgIpc) is 2.91. The molecule has 7 nitrogen and oxygen atoms in total. The van der Waals surface area contributed by atoms with E-state index < -0.39 is 28.5 Å². The molecule has 3 aromatic rings. The zero-order valence-electron chi connectivity index (χ0n) is 22.7. The van der Waals surface area contributed by atoms with E-state index in [9.17, 15) is 18.0 Å². The van der Waals surface area contributed by atoms with Crippen LogP contribution in [0.5, 0.6) is 0 Å². The fourth-order valence-corrected chi connectivity index (χ4v) is 5.40. The zero-order valence-corrected chi connectivity index (χ0v) is 23.5. The quantitative estimate of drug-likeness (QED) is 0.381. The van der Waals surface area contributed by atoms with E-state index in [-0.39, 0.29) is 23.4 Å². The van der Waals surface area contributed by atoms with Gasteiger partial charge in [0, 0.05) is 12.6 Å². The van der Waals surface area contributed by atoms with Crippen LogP contribution in [0.15, 0.2) is 83.8 Å². The summed E-state index contributed by atoms with van der Waals surface area (Å²) in [6.07, 6.45) is 0.751. The second-order valence-electron chi connectivity index (χ2n) is 9.66. The molecule has 0 aliphatic rings. The number of hydrogen-bond acceptors (Lipinski definition) is 4. The number of anilines is 1. The van der Waals surface area contributed by atoms with Gasteiger partial charge in [-0.3, -0.25) is 13.9 Å². The lowest BCUT2D eigenvalue weighted by molar-refractivity contribution is -0.139. The van der Waals surface area contributed by atoms with Gasteiger partial charge in [0.1, 0.15) is 12.6 Å². The van der Waals surface area contributed by atoms with Crippen LogP contribution in [0.3, 0.4) is 0 Å². The molecule has 0 aliphatic heterocycles. The Morgan fingerprint density at radius 2 is 1.53 bits per heavy atom. The van der Waals surface area contributed by atoms with Crippen LogP contribution in [0, 0.1) is 13.8 Å². The predicted molar refractivity (Wildman–Crippen MR) is 151 cm³/mol. The summed E-state index contributed by atoms with van der Waals surface area (Å²) in [5.74, 6) is -0.758. The first kappa shape index (κ1) is 28.9. The van der Waals surface area contributed by atoms with Crippen molar-refractivity contribution in [2.24, 2.45) is 0 Å². The maximum Gasteiger partial charge on any atom is 0.264 e. The van der Waals surface area contributed by atoms with E-state index in [1.165, 1.54) is 17.0 Å². The van der Waals surface area contributed by atoms with Gasteiger partial charge in [-0.25, -0.2) is 8.42 Å². The van der Waals surface area contributed by atoms with E-state index in [1.807, 2.05) is 58.0 Å². The number of aryl methyl sites for hydroxylation is 2. The summed E-state index contributed by atoms with van der Waals surface area (Å²) in [5.41, 5.74) is 3.17. The molecule has 2 amide bonds. The number of amides is 2. The van der Waals surface area contributed by atoms with Crippen LogP contribution in [0.25, 0.3) is 0 Å². The number of sulfonamides is 1. The van der Waals surface area contributed by atoms with Gasteiger partial charge < -0.3 is 10.2 Å². The number of carbonyl (C=O) groups is 2. The highest BCUT2D eigenvalue weighted by Crippen LogP contribution is 2.25. The smallest absolute Gasteiger partial charge is 0.264 e. The number of rotatable bonds is 11. The molecule has 3 aromatic carbocycles. The maximum absolute atomic E-state index is 13.9.